The summed E-state index contributed by atoms with van der Waals surface area (Å²) in [6.07, 6.45) is 1.81. The van der Waals surface area contributed by atoms with Gasteiger partial charge in [-0.05, 0) is 71.6 Å². The molecule has 1 aliphatic heterocycles. The Labute approximate surface area is 200 Å². The van der Waals surface area contributed by atoms with Crippen LogP contribution in [-0.4, -0.2) is 42.0 Å². The lowest BCUT2D eigenvalue weighted by molar-refractivity contribution is -0.121. The van der Waals surface area contributed by atoms with E-state index in [9.17, 15) is 4.79 Å². The first-order valence-corrected chi connectivity index (χ1v) is 11.8. The van der Waals surface area contributed by atoms with Gasteiger partial charge in [0, 0.05) is 7.05 Å². The van der Waals surface area contributed by atoms with Crippen molar-refractivity contribution >= 4 is 56.2 Å². The van der Waals surface area contributed by atoms with E-state index < -0.39 is 0 Å². The van der Waals surface area contributed by atoms with E-state index in [1.165, 1.54) is 16.7 Å². The number of likely N-dealkylation sites (N-methyl/N-ethyl adjacent to an activating group) is 1. The summed E-state index contributed by atoms with van der Waals surface area (Å²) in [4.78, 5) is 14.3. The van der Waals surface area contributed by atoms with Crippen LogP contribution in [0.3, 0.4) is 0 Å². The maximum atomic E-state index is 12.3. The minimum absolute atomic E-state index is 0.104. The van der Waals surface area contributed by atoms with Crippen molar-refractivity contribution in [1.29, 1.82) is 0 Å². The molecule has 1 heterocycles. The van der Waals surface area contributed by atoms with Gasteiger partial charge in [0.25, 0.3) is 5.91 Å². The first-order chi connectivity index (χ1) is 14.8. The fraction of sp³-hybridized carbons (Fsp3) is 0.304. The van der Waals surface area contributed by atoms with Gasteiger partial charge >= 0.3 is 0 Å². The van der Waals surface area contributed by atoms with Crippen molar-refractivity contribution in [3.8, 4) is 17.2 Å². The topological polar surface area (TPSA) is 48.0 Å². The van der Waals surface area contributed by atoms with E-state index >= 15 is 0 Å². The van der Waals surface area contributed by atoms with Crippen LogP contribution >= 0.6 is 39.9 Å². The molecule has 8 heteroatoms. The number of halogens is 1. The van der Waals surface area contributed by atoms with Crippen LogP contribution in [0.1, 0.15) is 23.6 Å². The van der Waals surface area contributed by atoms with Crippen LogP contribution in [0.5, 0.6) is 17.2 Å². The van der Waals surface area contributed by atoms with Gasteiger partial charge in [-0.15, -0.1) is 0 Å². The van der Waals surface area contributed by atoms with Crippen LogP contribution in [0.25, 0.3) is 6.08 Å². The van der Waals surface area contributed by atoms with Gasteiger partial charge in [0.15, 0.2) is 11.5 Å². The van der Waals surface area contributed by atoms with Crippen molar-refractivity contribution in [1.82, 2.24) is 4.90 Å². The summed E-state index contributed by atoms with van der Waals surface area (Å²) in [5, 5.41) is 0. The van der Waals surface area contributed by atoms with Gasteiger partial charge in [0.1, 0.15) is 23.3 Å². The number of carbonyl (C=O) groups is 1. The second-order valence-electron chi connectivity index (χ2n) is 6.92. The van der Waals surface area contributed by atoms with Crippen molar-refractivity contribution in [2.45, 2.75) is 20.8 Å². The van der Waals surface area contributed by atoms with Crippen molar-refractivity contribution in [2.75, 3.05) is 26.9 Å². The van der Waals surface area contributed by atoms with E-state index in [0.29, 0.717) is 40.5 Å². The third-order valence-corrected chi connectivity index (χ3v) is 6.67. The fourth-order valence-corrected chi connectivity index (χ4v) is 4.84. The number of para-hydroxylation sites is 1. The van der Waals surface area contributed by atoms with Gasteiger partial charge in [-0.25, -0.2) is 0 Å². The van der Waals surface area contributed by atoms with Crippen LogP contribution in [0, 0.1) is 13.8 Å². The number of thioether (sulfide) groups is 1. The van der Waals surface area contributed by atoms with Crippen LogP contribution < -0.4 is 14.2 Å². The summed E-state index contributed by atoms with van der Waals surface area (Å²) in [6.45, 7) is 7.22. The Morgan fingerprint density at radius 2 is 1.74 bits per heavy atom. The zero-order valence-electron chi connectivity index (χ0n) is 17.9. The average molecular weight is 522 g/mol. The number of nitrogens with zero attached hydrogens (tertiary/aromatic N) is 1. The Morgan fingerprint density at radius 3 is 2.32 bits per heavy atom. The molecule has 1 saturated heterocycles. The van der Waals surface area contributed by atoms with Gasteiger partial charge in [-0.3, -0.25) is 9.69 Å². The van der Waals surface area contributed by atoms with E-state index in [2.05, 4.69) is 15.9 Å². The molecule has 0 aliphatic carbocycles. The summed E-state index contributed by atoms with van der Waals surface area (Å²) in [5.41, 5.74) is 3.01. The van der Waals surface area contributed by atoms with Crippen LogP contribution in [-0.2, 0) is 4.79 Å². The van der Waals surface area contributed by atoms with Gasteiger partial charge in [-0.2, -0.15) is 0 Å². The standard InChI is InChI=1S/C23H24BrNO4S2/c1-5-27-18-12-16(13-19-22(26)25(4)23(30)31-19)11-17(24)21(18)29-10-9-28-20-14(2)7-6-8-15(20)3/h6-8,11-13H,5,9-10H2,1-4H3/b19-13-. The third kappa shape index (κ3) is 5.61. The SMILES string of the molecule is CCOc1cc(/C=C2\SC(=S)N(C)C2=O)cc(Br)c1OCCOc1c(C)cccc1C. The van der Waals surface area contributed by atoms with Crippen LogP contribution in [0.2, 0.25) is 0 Å². The highest BCUT2D eigenvalue weighted by molar-refractivity contribution is 9.10. The molecular weight excluding hydrogens is 498 g/mol. The lowest BCUT2D eigenvalue weighted by Crippen LogP contribution is -2.22. The number of hydrogen-bond donors (Lipinski definition) is 0. The first kappa shape index (κ1) is 23.6. The lowest BCUT2D eigenvalue weighted by Gasteiger charge is -2.16. The number of amides is 1. The highest BCUT2D eigenvalue weighted by Gasteiger charge is 2.28. The molecular formula is C23H24BrNO4S2. The molecule has 0 radical (unpaired) electrons. The number of rotatable bonds is 8. The molecule has 1 amide bonds. The molecule has 0 aromatic heterocycles. The predicted octanol–water partition coefficient (Wildman–Crippen LogP) is 5.75. The van der Waals surface area contributed by atoms with E-state index in [1.807, 2.05) is 57.2 Å². The predicted molar refractivity (Wildman–Crippen MR) is 133 cm³/mol. The molecule has 0 spiro atoms. The number of carbonyl (C=O) groups excluding carboxylic acids is 1. The number of thiocarbonyl (C=S) groups is 1. The maximum Gasteiger partial charge on any atom is 0.265 e. The molecule has 0 unspecified atom stereocenters. The van der Waals surface area contributed by atoms with E-state index in [0.717, 1.165) is 26.9 Å². The van der Waals surface area contributed by atoms with Crippen molar-refractivity contribution in [3.05, 3.63) is 56.4 Å². The Kier molecular flexibility index (Phi) is 8.02. The second-order valence-corrected chi connectivity index (χ2v) is 9.45. The number of aryl methyl sites for hydroxylation is 2. The molecule has 31 heavy (non-hydrogen) atoms. The molecule has 1 aliphatic rings. The molecule has 0 bridgehead atoms. The minimum atomic E-state index is -0.104. The van der Waals surface area contributed by atoms with E-state index in [1.54, 1.807) is 7.05 Å². The molecule has 2 aromatic carbocycles. The van der Waals surface area contributed by atoms with Gasteiger partial charge in [-0.1, -0.05) is 42.2 Å². The molecule has 0 saturated carbocycles. The van der Waals surface area contributed by atoms with Crippen LogP contribution in [0.15, 0.2) is 39.7 Å². The van der Waals surface area contributed by atoms with Gasteiger partial charge < -0.3 is 14.2 Å². The summed E-state index contributed by atoms with van der Waals surface area (Å²) in [7, 11) is 1.68. The van der Waals surface area contributed by atoms with Gasteiger partial charge in [0.2, 0.25) is 0 Å². The summed E-state index contributed by atoms with van der Waals surface area (Å²) < 4.78 is 19.0. The van der Waals surface area contributed by atoms with Gasteiger partial charge in [0.05, 0.1) is 16.0 Å². The zero-order chi connectivity index (χ0) is 22.5. The Morgan fingerprint density at radius 1 is 1.10 bits per heavy atom. The average Bonchev–Trinajstić information content (AvgIpc) is 2.95. The van der Waals surface area contributed by atoms with Crippen molar-refractivity contribution in [2.24, 2.45) is 0 Å². The first-order valence-electron chi connectivity index (χ1n) is 9.81. The summed E-state index contributed by atoms with van der Waals surface area (Å²) >= 11 is 10.1. The lowest BCUT2D eigenvalue weighted by atomic mass is 10.1. The van der Waals surface area contributed by atoms with E-state index in [4.69, 9.17) is 26.4 Å². The molecule has 2 aromatic rings. The van der Waals surface area contributed by atoms with Crippen molar-refractivity contribution < 1.29 is 19.0 Å². The molecule has 0 atom stereocenters. The fourth-order valence-electron chi connectivity index (χ4n) is 3.09. The summed E-state index contributed by atoms with van der Waals surface area (Å²) in [6, 6.07) is 9.82. The number of ether oxygens (including phenoxy) is 3. The molecule has 3 rings (SSSR count). The second kappa shape index (κ2) is 10.5. The Balaban J connectivity index is 1.73. The highest BCUT2D eigenvalue weighted by Crippen LogP contribution is 2.39. The normalized spacial score (nSPS) is 15.0. The summed E-state index contributed by atoms with van der Waals surface area (Å²) in [5.74, 6) is 1.99. The quantitative estimate of drug-likeness (QED) is 0.250. The van der Waals surface area contributed by atoms with Crippen LogP contribution in [0.4, 0.5) is 0 Å². The number of hydrogen-bond acceptors (Lipinski definition) is 6. The molecule has 1 fully saturated rings. The Hall–Kier alpha value is -2.03. The monoisotopic (exact) mass is 521 g/mol. The molecule has 164 valence electrons. The highest BCUT2D eigenvalue weighted by atomic mass is 79.9. The smallest absolute Gasteiger partial charge is 0.265 e. The molecule has 0 N–H and O–H groups in total. The van der Waals surface area contributed by atoms with E-state index in [-0.39, 0.29) is 5.91 Å². The zero-order valence-corrected chi connectivity index (χ0v) is 21.1. The number of benzene rings is 2. The third-order valence-electron chi connectivity index (χ3n) is 4.60. The maximum absolute atomic E-state index is 12.3. The largest absolute Gasteiger partial charge is 0.490 e. The van der Waals surface area contributed by atoms with Crippen molar-refractivity contribution in [3.63, 3.8) is 0 Å². The molecule has 5 nitrogen and oxygen atoms in total. The minimum Gasteiger partial charge on any atom is -0.490 e. The Bertz CT molecular complexity index is 1020.